The Balaban J connectivity index is 0. The Labute approximate surface area is 36.2 Å². The molecule has 0 bridgehead atoms. The zero-order valence-corrected chi connectivity index (χ0v) is 2.47. The van der Waals surface area contributed by atoms with E-state index in [1.807, 2.05) is 5.22 Å². The van der Waals surface area contributed by atoms with Crippen LogP contribution in [0.5, 0.6) is 0 Å². The van der Waals surface area contributed by atoms with Gasteiger partial charge in [0.25, 0.3) is 0 Å². The van der Waals surface area contributed by atoms with E-state index in [1.54, 1.807) is 0 Å². The van der Waals surface area contributed by atoms with Crippen LogP contribution in [0.1, 0.15) is 0 Å². The maximum atomic E-state index is 6.97. The molecule has 2 N–H and O–H groups in total. The van der Waals surface area contributed by atoms with Gasteiger partial charge < -0.3 is 11.4 Å². The van der Waals surface area contributed by atoms with E-state index >= 15 is 0 Å². The van der Waals surface area contributed by atoms with Crippen molar-refractivity contribution in [3.63, 3.8) is 0 Å². The molecule has 0 aromatic rings. The van der Waals surface area contributed by atoms with Gasteiger partial charge in [-0.3, -0.25) is 5.22 Å². The fraction of sp³-hybridized carbons (Fsp3) is 0. The average Bonchev–Trinajstić information content (AvgIpc) is 0.918. The zero-order chi connectivity index (χ0) is 2.71. The second kappa shape index (κ2) is 12.0. The van der Waals surface area contributed by atoms with Gasteiger partial charge in [0.05, 0.1) is 0 Å². The summed E-state index contributed by atoms with van der Waals surface area (Å²) in [7, 11) is 0. The predicted octanol–water partition coefficient (Wildman–Crippen LogP) is -3.11. The van der Waals surface area contributed by atoms with Gasteiger partial charge in [0.2, 0.25) is 0 Å². The van der Waals surface area contributed by atoms with Crippen molar-refractivity contribution in [3.05, 3.63) is 5.53 Å². The standard InChI is InChI=1S/Li.H2N3/c;1-3-2/h;(H2-,1,2)/q+1;-1. The van der Waals surface area contributed by atoms with Crippen LogP contribution in [0.4, 0.5) is 0 Å². The van der Waals surface area contributed by atoms with E-state index in [0.717, 1.165) is 0 Å². The van der Waals surface area contributed by atoms with Crippen LogP contribution in [-0.2, 0) is 0 Å². The minimum absolute atomic E-state index is 0. The number of nitrogens with two attached hydrogens (primary N) is 1. The van der Waals surface area contributed by atoms with Gasteiger partial charge in [0, 0.05) is 0 Å². The van der Waals surface area contributed by atoms with E-state index in [-0.39, 0.29) is 18.9 Å². The van der Waals surface area contributed by atoms with Crippen molar-refractivity contribution >= 4 is 0 Å². The van der Waals surface area contributed by atoms with Crippen LogP contribution in [0.25, 0.3) is 5.53 Å². The van der Waals surface area contributed by atoms with Crippen LogP contribution >= 0.6 is 0 Å². The summed E-state index contributed by atoms with van der Waals surface area (Å²) in [5, 5.41) is 2.00. The van der Waals surface area contributed by atoms with Gasteiger partial charge in [-0.05, 0) is 0 Å². The molecule has 4 heteroatoms. The van der Waals surface area contributed by atoms with Gasteiger partial charge >= 0.3 is 18.9 Å². The summed E-state index contributed by atoms with van der Waals surface area (Å²) in [5.74, 6) is 4.03. The average molecular weight is 51.0 g/mol. The SMILES string of the molecule is [Li+].[N-]=NN. The monoisotopic (exact) mass is 51.0 g/mol. The fourth-order valence-corrected chi connectivity index (χ4v) is 0. The third kappa shape index (κ3) is 295000. The molecule has 0 aliphatic heterocycles. The Morgan fingerprint density at radius 2 is 1.75 bits per heavy atom. The Bertz CT molecular complexity index is 10.8. The van der Waals surface area contributed by atoms with Gasteiger partial charge in [0.1, 0.15) is 0 Å². The Hall–Kier alpha value is -0.00260. The summed E-state index contributed by atoms with van der Waals surface area (Å²) in [5.41, 5.74) is 6.97. The minimum Gasteiger partial charge on any atom is -0.427 e. The normalized spacial score (nSPS) is 3.00. The number of hydrogen-bond donors (Lipinski definition) is 1. The first-order valence-electron chi connectivity index (χ1n) is 0.458. The van der Waals surface area contributed by atoms with Crippen LogP contribution in [0.15, 0.2) is 5.22 Å². The molecular formula is H2LiN3. The van der Waals surface area contributed by atoms with Gasteiger partial charge in [-0.15, -0.1) is 0 Å². The molecule has 4 heavy (non-hydrogen) atoms. The molecule has 0 heterocycles. The summed E-state index contributed by atoms with van der Waals surface area (Å²) in [6.07, 6.45) is 0. The topological polar surface area (TPSA) is 60.7 Å². The third-order valence-electron chi connectivity index (χ3n) is 0. The fourth-order valence-electron chi connectivity index (χ4n) is 0. The molecule has 0 aliphatic carbocycles. The molecule has 0 spiro atoms. The minimum atomic E-state index is 0. The summed E-state index contributed by atoms with van der Waals surface area (Å²) in [6.45, 7) is 0. The first-order chi connectivity index (χ1) is 1.41. The van der Waals surface area contributed by atoms with Gasteiger partial charge in [0.15, 0.2) is 0 Å². The van der Waals surface area contributed by atoms with Gasteiger partial charge in [-0.25, -0.2) is 0 Å². The zero-order valence-electron chi connectivity index (χ0n) is 2.47. The third-order valence-corrected chi connectivity index (χ3v) is 0. The molecule has 18 valence electrons. The summed E-state index contributed by atoms with van der Waals surface area (Å²) < 4.78 is 0. The molecule has 0 rings (SSSR count). The van der Waals surface area contributed by atoms with Crippen LogP contribution in [0.2, 0.25) is 0 Å². The molecular weight excluding hydrogens is 49.0 g/mol. The van der Waals surface area contributed by atoms with E-state index in [0.29, 0.717) is 0 Å². The van der Waals surface area contributed by atoms with E-state index in [9.17, 15) is 0 Å². The van der Waals surface area contributed by atoms with E-state index < -0.39 is 0 Å². The van der Waals surface area contributed by atoms with Crippen LogP contribution in [-0.4, -0.2) is 0 Å². The summed E-state index contributed by atoms with van der Waals surface area (Å²) in [4.78, 5) is 0. The van der Waals surface area contributed by atoms with Crippen molar-refractivity contribution in [2.24, 2.45) is 11.1 Å². The van der Waals surface area contributed by atoms with E-state index in [2.05, 4.69) is 5.84 Å². The van der Waals surface area contributed by atoms with E-state index in [1.165, 1.54) is 0 Å². The van der Waals surface area contributed by atoms with Crippen LogP contribution < -0.4 is 24.7 Å². The molecule has 0 amide bonds. The molecule has 0 aromatic carbocycles. The number of nitrogens with zero attached hydrogens (tertiary/aromatic N) is 2. The summed E-state index contributed by atoms with van der Waals surface area (Å²) in [6, 6.07) is 0. The largest absolute Gasteiger partial charge is 1.00 e. The molecule has 0 saturated heterocycles. The van der Waals surface area contributed by atoms with Crippen molar-refractivity contribution in [1.29, 1.82) is 0 Å². The molecule has 3 nitrogen and oxygen atoms in total. The second-order valence-corrected chi connectivity index (χ2v) is 0.115. The maximum absolute atomic E-state index is 6.97. The van der Waals surface area contributed by atoms with Crippen molar-refractivity contribution < 1.29 is 18.9 Å². The Kier molecular flexibility index (Phi) is 27.1. The Morgan fingerprint density at radius 3 is 1.75 bits per heavy atom. The first-order valence-corrected chi connectivity index (χ1v) is 0.458. The van der Waals surface area contributed by atoms with E-state index in [4.69, 9.17) is 5.53 Å². The molecule has 0 aliphatic rings. The quantitative estimate of drug-likeness (QED) is 0.134. The number of rotatable bonds is 0. The molecule has 0 fully saturated rings. The summed E-state index contributed by atoms with van der Waals surface area (Å²) >= 11 is 0. The van der Waals surface area contributed by atoms with Gasteiger partial charge in [-0.1, -0.05) is 0 Å². The van der Waals surface area contributed by atoms with Crippen LogP contribution in [0.3, 0.4) is 0 Å². The number of hydrogen-bond acceptors (Lipinski definition) is 1. The Morgan fingerprint density at radius 1 is 1.75 bits per heavy atom. The molecule has 0 unspecified atom stereocenters. The van der Waals surface area contributed by atoms with Crippen molar-refractivity contribution in [2.45, 2.75) is 0 Å². The van der Waals surface area contributed by atoms with Crippen molar-refractivity contribution in [2.75, 3.05) is 0 Å². The molecule has 0 atom stereocenters. The second-order valence-electron chi connectivity index (χ2n) is 0.115. The first kappa shape index (κ1) is 9.00. The van der Waals surface area contributed by atoms with Crippen LogP contribution in [0, 0.1) is 0 Å². The van der Waals surface area contributed by atoms with Crippen molar-refractivity contribution in [1.82, 2.24) is 0 Å². The van der Waals surface area contributed by atoms with Crippen molar-refractivity contribution in [3.8, 4) is 0 Å². The smallest absolute Gasteiger partial charge is 0.427 e. The maximum Gasteiger partial charge on any atom is 1.00 e. The van der Waals surface area contributed by atoms with Gasteiger partial charge in [-0.2, -0.15) is 0 Å². The predicted molar refractivity (Wildman–Crippen MR) is 9.97 cm³/mol. The molecule has 0 saturated carbocycles. The molecule has 0 aromatic heterocycles. The molecule has 0 radical (unpaired) electrons.